The van der Waals surface area contributed by atoms with Gasteiger partial charge in [0.15, 0.2) is 17.8 Å². The molecule has 1 aliphatic heterocycles. The number of ether oxygens (including phenoxy) is 4. The second-order valence-corrected chi connectivity index (χ2v) is 4.69. The largest absolute Gasteiger partial charge is 0.480 e. The van der Waals surface area contributed by atoms with Crippen molar-refractivity contribution in [1.82, 2.24) is 4.90 Å². The molecule has 0 bridgehead atoms. The number of fused-ring (bicyclic) bond motifs is 1. The van der Waals surface area contributed by atoms with Gasteiger partial charge in [-0.05, 0) is 24.7 Å². The molecule has 1 aliphatic rings. The monoisotopic (exact) mass is 297 g/mol. The Labute approximate surface area is 123 Å². The number of rotatable bonds is 7. The molecular formula is C14H19NO6. The first-order chi connectivity index (χ1) is 10.1. The summed E-state index contributed by atoms with van der Waals surface area (Å²) in [6.45, 7) is 0.472. The minimum absolute atomic E-state index is 0.155. The Kier molecular flexibility index (Phi) is 5.00. The van der Waals surface area contributed by atoms with E-state index in [9.17, 15) is 9.90 Å². The number of nitrogens with zero attached hydrogens (tertiary/aromatic N) is 1. The fourth-order valence-corrected chi connectivity index (χ4v) is 2.25. The quantitative estimate of drug-likeness (QED) is 0.755. The van der Waals surface area contributed by atoms with Gasteiger partial charge in [-0.25, -0.2) is 0 Å². The molecule has 1 atom stereocenters. The van der Waals surface area contributed by atoms with E-state index in [1.165, 1.54) is 14.2 Å². The zero-order valence-electron chi connectivity index (χ0n) is 12.2. The Balaban J connectivity index is 2.20. The Bertz CT molecular complexity index is 502. The normalized spacial score (nSPS) is 14.7. The third kappa shape index (κ3) is 3.44. The minimum atomic E-state index is -0.956. The standard InChI is InChI=1S/C14H19NO6/c1-15(7-12(18-2)19-3)13(14(16)17)9-4-5-10-11(6-9)21-8-20-10/h4-6,12-13H,7-8H2,1-3H3,(H,16,17). The molecule has 0 amide bonds. The Morgan fingerprint density at radius 3 is 2.62 bits per heavy atom. The van der Waals surface area contributed by atoms with Crippen molar-refractivity contribution in [2.45, 2.75) is 12.3 Å². The summed E-state index contributed by atoms with van der Waals surface area (Å²) in [5.74, 6) is 0.224. The molecule has 1 N–H and O–H groups in total. The Morgan fingerprint density at radius 2 is 2.00 bits per heavy atom. The first kappa shape index (κ1) is 15.6. The van der Waals surface area contributed by atoms with Crippen molar-refractivity contribution < 1.29 is 28.8 Å². The van der Waals surface area contributed by atoms with Crippen LogP contribution in [0.5, 0.6) is 11.5 Å². The number of hydrogen-bond acceptors (Lipinski definition) is 6. The number of benzene rings is 1. The molecule has 0 saturated carbocycles. The molecule has 0 saturated heterocycles. The second-order valence-electron chi connectivity index (χ2n) is 4.69. The number of likely N-dealkylation sites (N-methyl/N-ethyl adjacent to an activating group) is 1. The highest BCUT2D eigenvalue weighted by molar-refractivity contribution is 5.76. The Hall–Kier alpha value is -1.83. The lowest BCUT2D eigenvalue weighted by atomic mass is 10.0. The molecule has 0 fully saturated rings. The fraction of sp³-hybridized carbons (Fsp3) is 0.500. The SMILES string of the molecule is COC(CN(C)C(C(=O)O)c1ccc2c(c1)OCO2)OC. The topological polar surface area (TPSA) is 77.5 Å². The van der Waals surface area contributed by atoms with Crippen LogP contribution in [-0.2, 0) is 14.3 Å². The summed E-state index contributed by atoms with van der Waals surface area (Å²) in [5, 5.41) is 9.51. The van der Waals surface area contributed by atoms with Crippen LogP contribution in [0.4, 0.5) is 0 Å². The predicted molar refractivity (Wildman–Crippen MR) is 73.4 cm³/mol. The third-order valence-corrected chi connectivity index (χ3v) is 3.35. The van der Waals surface area contributed by atoms with Gasteiger partial charge in [-0.15, -0.1) is 0 Å². The number of carbonyl (C=O) groups is 1. The van der Waals surface area contributed by atoms with Gasteiger partial charge in [-0.1, -0.05) is 6.07 Å². The first-order valence-corrected chi connectivity index (χ1v) is 6.45. The predicted octanol–water partition coefficient (Wildman–Crippen LogP) is 1.09. The first-order valence-electron chi connectivity index (χ1n) is 6.45. The lowest BCUT2D eigenvalue weighted by molar-refractivity contribution is -0.148. The molecule has 0 aliphatic carbocycles. The third-order valence-electron chi connectivity index (χ3n) is 3.35. The lowest BCUT2D eigenvalue weighted by Gasteiger charge is -2.27. The highest BCUT2D eigenvalue weighted by atomic mass is 16.7. The smallest absolute Gasteiger partial charge is 0.325 e. The van der Waals surface area contributed by atoms with Crippen LogP contribution in [0.1, 0.15) is 11.6 Å². The number of aliphatic carboxylic acids is 1. The van der Waals surface area contributed by atoms with Crippen LogP contribution < -0.4 is 9.47 Å². The van der Waals surface area contributed by atoms with E-state index in [0.717, 1.165) is 0 Å². The number of carboxylic acids is 1. The van der Waals surface area contributed by atoms with Gasteiger partial charge < -0.3 is 24.1 Å². The minimum Gasteiger partial charge on any atom is -0.480 e. The molecule has 1 heterocycles. The number of methoxy groups -OCH3 is 2. The van der Waals surface area contributed by atoms with Crippen LogP contribution in [0.3, 0.4) is 0 Å². The van der Waals surface area contributed by atoms with Crippen molar-refractivity contribution in [2.75, 3.05) is 34.6 Å². The fourth-order valence-electron chi connectivity index (χ4n) is 2.25. The summed E-state index contributed by atoms with van der Waals surface area (Å²) in [6.07, 6.45) is -0.495. The van der Waals surface area contributed by atoms with Gasteiger partial charge in [0.25, 0.3) is 0 Å². The molecular weight excluding hydrogens is 278 g/mol. The van der Waals surface area contributed by atoms with Gasteiger partial charge in [0, 0.05) is 14.2 Å². The van der Waals surface area contributed by atoms with Crippen molar-refractivity contribution in [3.63, 3.8) is 0 Å². The van der Waals surface area contributed by atoms with Gasteiger partial charge in [0.1, 0.15) is 6.04 Å². The zero-order valence-corrected chi connectivity index (χ0v) is 12.2. The van der Waals surface area contributed by atoms with Crippen LogP contribution in [0, 0.1) is 0 Å². The van der Waals surface area contributed by atoms with Gasteiger partial charge in [-0.2, -0.15) is 0 Å². The van der Waals surface area contributed by atoms with Crippen LogP contribution in [0.25, 0.3) is 0 Å². The maximum Gasteiger partial charge on any atom is 0.325 e. The molecule has 7 nitrogen and oxygen atoms in total. The van der Waals surface area contributed by atoms with E-state index in [-0.39, 0.29) is 6.79 Å². The van der Waals surface area contributed by atoms with Crippen molar-refractivity contribution in [3.8, 4) is 11.5 Å². The molecule has 1 aromatic carbocycles. The maximum absolute atomic E-state index is 11.6. The van der Waals surface area contributed by atoms with E-state index in [0.29, 0.717) is 23.6 Å². The molecule has 21 heavy (non-hydrogen) atoms. The molecule has 0 aromatic heterocycles. The summed E-state index contributed by atoms with van der Waals surface area (Å²) < 4.78 is 20.7. The average Bonchev–Trinajstić information content (AvgIpc) is 2.92. The zero-order chi connectivity index (χ0) is 15.4. The van der Waals surface area contributed by atoms with Crippen molar-refractivity contribution in [3.05, 3.63) is 23.8 Å². The molecule has 2 rings (SSSR count). The van der Waals surface area contributed by atoms with E-state index < -0.39 is 18.3 Å². The number of carboxylic acid groups (broad SMARTS) is 1. The average molecular weight is 297 g/mol. The molecule has 116 valence electrons. The summed E-state index contributed by atoms with van der Waals surface area (Å²) in [6, 6.07) is 4.29. The second kappa shape index (κ2) is 6.75. The number of hydrogen-bond donors (Lipinski definition) is 1. The van der Waals surface area contributed by atoms with Crippen LogP contribution in [0.15, 0.2) is 18.2 Å². The summed E-state index contributed by atoms with van der Waals surface area (Å²) in [7, 11) is 4.73. The van der Waals surface area contributed by atoms with Crippen molar-refractivity contribution in [2.24, 2.45) is 0 Å². The van der Waals surface area contributed by atoms with E-state index >= 15 is 0 Å². The van der Waals surface area contributed by atoms with Crippen molar-refractivity contribution in [1.29, 1.82) is 0 Å². The maximum atomic E-state index is 11.6. The van der Waals surface area contributed by atoms with Gasteiger partial charge in [0.2, 0.25) is 6.79 Å². The molecule has 0 spiro atoms. The van der Waals surface area contributed by atoms with Crippen LogP contribution >= 0.6 is 0 Å². The summed E-state index contributed by atoms with van der Waals surface area (Å²) in [4.78, 5) is 13.3. The Morgan fingerprint density at radius 1 is 1.33 bits per heavy atom. The van der Waals surface area contributed by atoms with Gasteiger partial charge >= 0.3 is 5.97 Å². The van der Waals surface area contributed by atoms with Crippen molar-refractivity contribution >= 4 is 5.97 Å². The summed E-state index contributed by atoms with van der Waals surface area (Å²) in [5.41, 5.74) is 0.611. The van der Waals surface area contributed by atoms with E-state index in [2.05, 4.69) is 0 Å². The van der Waals surface area contributed by atoms with E-state index in [1.54, 1.807) is 30.1 Å². The molecule has 0 radical (unpaired) electrons. The highest BCUT2D eigenvalue weighted by Crippen LogP contribution is 2.35. The van der Waals surface area contributed by atoms with E-state index in [4.69, 9.17) is 18.9 Å². The molecule has 1 aromatic rings. The van der Waals surface area contributed by atoms with Crippen LogP contribution in [0.2, 0.25) is 0 Å². The molecule has 1 unspecified atom stereocenters. The van der Waals surface area contributed by atoms with E-state index in [1.807, 2.05) is 0 Å². The highest BCUT2D eigenvalue weighted by Gasteiger charge is 2.28. The van der Waals surface area contributed by atoms with Crippen LogP contribution in [-0.4, -0.2) is 56.9 Å². The molecule has 7 heteroatoms. The summed E-state index contributed by atoms with van der Waals surface area (Å²) >= 11 is 0. The van der Waals surface area contributed by atoms with Gasteiger partial charge in [0.05, 0.1) is 6.54 Å². The lowest BCUT2D eigenvalue weighted by Crippen LogP contribution is -2.37. The van der Waals surface area contributed by atoms with Gasteiger partial charge in [-0.3, -0.25) is 9.69 Å².